The standard InChI is InChI=1S/C39H33BrFN3O6S/c1-48-33-21-24(22-34(49-2)35(33)50-3)20-32(44-37(45)26-12-8-5-9-13-26)38(46)42-28-15-17-29(18-16-28)51-36(25-10-6-4-7-11-25)39(47)43-31-19-14-27(40)23-30(31)41/h4-23,36H,1-3H3,(H,42,46)(H,43,47)(H,44,45)/b32-20-. The molecular formula is C39H33BrFN3O6S. The zero-order chi connectivity index (χ0) is 36.3. The summed E-state index contributed by atoms with van der Waals surface area (Å²) in [4.78, 5) is 41.0. The molecule has 12 heteroatoms. The fourth-order valence-electron chi connectivity index (χ4n) is 4.94. The second kappa shape index (κ2) is 17.4. The lowest BCUT2D eigenvalue weighted by molar-refractivity contribution is -0.116. The maximum Gasteiger partial charge on any atom is 0.272 e. The minimum atomic E-state index is -0.712. The molecule has 51 heavy (non-hydrogen) atoms. The van der Waals surface area contributed by atoms with Crippen LogP contribution in [0.3, 0.4) is 0 Å². The van der Waals surface area contributed by atoms with Crippen molar-refractivity contribution in [2.45, 2.75) is 10.1 Å². The first-order valence-electron chi connectivity index (χ1n) is 15.5. The molecule has 0 heterocycles. The first-order valence-corrected chi connectivity index (χ1v) is 17.1. The molecule has 3 amide bonds. The van der Waals surface area contributed by atoms with E-state index in [9.17, 15) is 18.8 Å². The normalized spacial score (nSPS) is 11.6. The van der Waals surface area contributed by atoms with Crippen LogP contribution < -0.4 is 30.2 Å². The lowest BCUT2D eigenvalue weighted by Crippen LogP contribution is -2.30. The number of anilines is 2. The minimum Gasteiger partial charge on any atom is -0.493 e. The maximum atomic E-state index is 14.6. The Morgan fingerprint density at radius 1 is 0.765 bits per heavy atom. The van der Waals surface area contributed by atoms with E-state index in [1.807, 2.05) is 30.3 Å². The molecule has 5 rings (SSSR count). The van der Waals surface area contributed by atoms with Gasteiger partial charge in [0.05, 0.1) is 27.0 Å². The predicted molar refractivity (Wildman–Crippen MR) is 201 cm³/mol. The van der Waals surface area contributed by atoms with E-state index in [2.05, 4.69) is 31.9 Å². The van der Waals surface area contributed by atoms with Crippen molar-refractivity contribution >= 4 is 62.9 Å². The highest BCUT2D eigenvalue weighted by Gasteiger charge is 2.24. The molecule has 5 aromatic rings. The highest BCUT2D eigenvalue weighted by Crippen LogP contribution is 2.39. The Hall–Kier alpha value is -5.59. The van der Waals surface area contributed by atoms with Crippen molar-refractivity contribution in [1.29, 1.82) is 0 Å². The molecule has 5 aromatic carbocycles. The summed E-state index contributed by atoms with van der Waals surface area (Å²) in [6, 6.07) is 32.3. The zero-order valence-corrected chi connectivity index (χ0v) is 30.1. The third-order valence-corrected chi connectivity index (χ3v) is 9.18. The van der Waals surface area contributed by atoms with Crippen LogP contribution in [0.1, 0.15) is 26.7 Å². The second-order valence-electron chi connectivity index (χ2n) is 10.8. The number of methoxy groups -OCH3 is 3. The largest absolute Gasteiger partial charge is 0.493 e. The van der Waals surface area contributed by atoms with Gasteiger partial charge in [0.2, 0.25) is 11.7 Å². The molecule has 0 spiro atoms. The number of rotatable bonds is 13. The highest BCUT2D eigenvalue weighted by atomic mass is 79.9. The minimum absolute atomic E-state index is 0.0439. The molecule has 0 fully saturated rings. The predicted octanol–water partition coefficient (Wildman–Crippen LogP) is 8.50. The number of thioether (sulfide) groups is 1. The molecule has 260 valence electrons. The monoisotopic (exact) mass is 769 g/mol. The Kier molecular flexibility index (Phi) is 12.5. The molecule has 9 nitrogen and oxygen atoms in total. The van der Waals surface area contributed by atoms with Gasteiger partial charge in [-0.3, -0.25) is 14.4 Å². The Morgan fingerprint density at radius 3 is 1.98 bits per heavy atom. The van der Waals surface area contributed by atoms with Gasteiger partial charge in [-0.2, -0.15) is 0 Å². The van der Waals surface area contributed by atoms with Gasteiger partial charge in [-0.05, 0) is 83.9 Å². The zero-order valence-electron chi connectivity index (χ0n) is 27.7. The lowest BCUT2D eigenvalue weighted by atomic mass is 10.1. The molecule has 0 aliphatic rings. The van der Waals surface area contributed by atoms with Crippen molar-refractivity contribution in [3.8, 4) is 17.2 Å². The third-order valence-electron chi connectivity index (χ3n) is 7.42. The van der Waals surface area contributed by atoms with E-state index in [0.717, 1.165) is 10.5 Å². The van der Waals surface area contributed by atoms with Crippen molar-refractivity contribution in [2.75, 3.05) is 32.0 Å². The van der Waals surface area contributed by atoms with Crippen LogP contribution >= 0.6 is 27.7 Å². The number of ether oxygens (including phenoxy) is 3. The Balaban J connectivity index is 1.38. The average Bonchev–Trinajstić information content (AvgIpc) is 3.15. The van der Waals surface area contributed by atoms with Gasteiger partial charge in [0.15, 0.2) is 11.5 Å². The van der Waals surface area contributed by atoms with Gasteiger partial charge in [-0.25, -0.2) is 4.39 Å². The average molecular weight is 771 g/mol. The Morgan fingerprint density at radius 2 is 1.39 bits per heavy atom. The first-order chi connectivity index (χ1) is 24.7. The lowest BCUT2D eigenvalue weighted by Gasteiger charge is -2.18. The summed E-state index contributed by atoms with van der Waals surface area (Å²) < 4.78 is 31.4. The van der Waals surface area contributed by atoms with E-state index in [-0.39, 0.29) is 11.4 Å². The number of benzene rings is 5. The van der Waals surface area contributed by atoms with Gasteiger partial charge in [-0.1, -0.05) is 64.5 Å². The number of hydrogen-bond acceptors (Lipinski definition) is 7. The molecule has 1 unspecified atom stereocenters. The molecule has 0 saturated heterocycles. The molecule has 0 aliphatic heterocycles. The fourth-order valence-corrected chi connectivity index (χ4v) is 6.29. The number of carbonyl (C=O) groups excluding carboxylic acids is 3. The van der Waals surface area contributed by atoms with Crippen molar-refractivity contribution in [1.82, 2.24) is 5.32 Å². The second-order valence-corrected chi connectivity index (χ2v) is 12.9. The summed E-state index contributed by atoms with van der Waals surface area (Å²) in [5.41, 5.74) is 2.05. The van der Waals surface area contributed by atoms with Crippen LogP contribution in [0.4, 0.5) is 15.8 Å². The summed E-state index contributed by atoms with van der Waals surface area (Å²) >= 11 is 4.50. The topological polar surface area (TPSA) is 115 Å². The van der Waals surface area contributed by atoms with Crippen LogP contribution in [-0.4, -0.2) is 39.1 Å². The molecule has 0 aromatic heterocycles. The first kappa shape index (κ1) is 36.7. The van der Waals surface area contributed by atoms with Gasteiger partial charge < -0.3 is 30.2 Å². The van der Waals surface area contributed by atoms with Crippen LogP contribution in [0.5, 0.6) is 17.2 Å². The SMILES string of the molecule is COc1cc(/C=C(\NC(=O)c2ccccc2)C(=O)Nc2ccc(SC(C(=O)Nc3ccc(Br)cc3F)c3ccccc3)cc2)cc(OC)c1OC. The quantitative estimate of drug-likeness (QED) is 0.0813. The summed E-state index contributed by atoms with van der Waals surface area (Å²) in [7, 11) is 4.45. The van der Waals surface area contributed by atoms with E-state index >= 15 is 0 Å². The number of amides is 3. The van der Waals surface area contributed by atoms with Crippen molar-refractivity contribution in [3.63, 3.8) is 0 Å². The number of hydrogen-bond donors (Lipinski definition) is 3. The van der Waals surface area contributed by atoms with Crippen LogP contribution in [-0.2, 0) is 9.59 Å². The van der Waals surface area contributed by atoms with Crippen molar-refractivity contribution in [3.05, 3.63) is 148 Å². The molecule has 0 saturated carbocycles. The van der Waals surface area contributed by atoms with Gasteiger partial charge in [-0.15, -0.1) is 11.8 Å². The van der Waals surface area contributed by atoms with E-state index < -0.39 is 28.8 Å². The number of carbonyl (C=O) groups is 3. The summed E-state index contributed by atoms with van der Waals surface area (Å²) in [6.45, 7) is 0. The van der Waals surface area contributed by atoms with Gasteiger partial charge in [0.1, 0.15) is 16.8 Å². The number of nitrogens with one attached hydrogen (secondary N) is 3. The van der Waals surface area contributed by atoms with E-state index in [0.29, 0.717) is 38.5 Å². The van der Waals surface area contributed by atoms with Crippen molar-refractivity contribution in [2.24, 2.45) is 0 Å². The smallest absolute Gasteiger partial charge is 0.272 e. The van der Waals surface area contributed by atoms with E-state index in [4.69, 9.17) is 14.2 Å². The van der Waals surface area contributed by atoms with E-state index in [1.165, 1.54) is 51.3 Å². The fraction of sp³-hybridized carbons (Fsp3) is 0.103. The van der Waals surface area contributed by atoms with Crippen LogP contribution in [0.15, 0.2) is 130 Å². The Bertz CT molecular complexity index is 2020. The molecule has 1 atom stereocenters. The molecule has 0 bridgehead atoms. The maximum absolute atomic E-state index is 14.6. The number of halogens is 2. The van der Waals surface area contributed by atoms with Gasteiger partial charge in [0.25, 0.3) is 11.8 Å². The summed E-state index contributed by atoms with van der Waals surface area (Å²) in [5, 5.41) is 7.54. The van der Waals surface area contributed by atoms with Gasteiger partial charge >= 0.3 is 0 Å². The third kappa shape index (κ3) is 9.56. The summed E-state index contributed by atoms with van der Waals surface area (Å²) in [6.07, 6.45) is 1.50. The van der Waals surface area contributed by atoms with Crippen molar-refractivity contribution < 1.29 is 33.0 Å². The molecular weight excluding hydrogens is 737 g/mol. The molecule has 0 radical (unpaired) electrons. The molecule has 3 N–H and O–H groups in total. The van der Waals surface area contributed by atoms with Crippen LogP contribution in [0.2, 0.25) is 0 Å². The van der Waals surface area contributed by atoms with Gasteiger partial charge in [0, 0.05) is 20.6 Å². The van der Waals surface area contributed by atoms with Crippen LogP contribution in [0.25, 0.3) is 6.08 Å². The van der Waals surface area contributed by atoms with E-state index in [1.54, 1.807) is 72.8 Å². The Labute approximate surface area is 307 Å². The van der Waals surface area contributed by atoms with Crippen LogP contribution in [0, 0.1) is 5.82 Å². The highest BCUT2D eigenvalue weighted by molar-refractivity contribution is 9.10. The molecule has 0 aliphatic carbocycles. The summed E-state index contributed by atoms with van der Waals surface area (Å²) in [5.74, 6) is -0.920.